The minimum absolute atomic E-state index is 0.0827. The van der Waals surface area contributed by atoms with E-state index >= 15 is 0 Å². The maximum atomic E-state index is 12.1. The molecule has 1 heterocycles. The highest BCUT2D eigenvalue weighted by atomic mass is 16.2. The van der Waals surface area contributed by atoms with Crippen LogP contribution in [0.2, 0.25) is 0 Å². The van der Waals surface area contributed by atoms with Gasteiger partial charge in [-0.15, -0.1) is 0 Å². The average Bonchev–Trinajstić information content (AvgIpc) is 2.74. The summed E-state index contributed by atoms with van der Waals surface area (Å²) in [5, 5.41) is 6.53. The summed E-state index contributed by atoms with van der Waals surface area (Å²) in [6.07, 6.45) is 4.81. The van der Waals surface area contributed by atoms with Crippen molar-refractivity contribution in [1.29, 1.82) is 0 Å². The molecule has 0 aromatic carbocycles. The van der Waals surface area contributed by atoms with Gasteiger partial charge in [-0.3, -0.25) is 4.79 Å². The Labute approximate surface area is 92.0 Å². The Kier molecular flexibility index (Phi) is 3.01. The molecular formula is C12H22N2O. The summed E-state index contributed by atoms with van der Waals surface area (Å²) in [5.41, 5.74) is 0.0827. The average molecular weight is 210 g/mol. The first-order chi connectivity index (χ1) is 7.11. The van der Waals surface area contributed by atoms with Crippen LogP contribution in [0.5, 0.6) is 0 Å². The quantitative estimate of drug-likeness (QED) is 0.721. The van der Waals surface area contributed by atoms with E-state index in [1.807, 2.05) is 0 Å². The van der Waals surface area contributed by atoms with E-state index in [0.29, 0.717) is 5.92 Å². The highest BCUT2D eigenvalue weighted by Crippen LogP contribution is 2.29. The van der Waals surface area contributed by atoms with Crippen molar-refractivity contribution < 1.29 is 4.79 Å². The van der Waals surface area contributed by atoms with Gasteiger partial charge >= 0.3 is 0 Å². The zero-order valence-corrected chi connectivity index (χ0v) is 9.81. The van der Waals surface area contributed by atoms with Gasteiger partial charge in [0.1, 0.15) is 0 Å². The molecule has 2 fully saturated rings. The van der Waals surface area contributed by atoms with E-state index in [1.165, 1.54) is 12.8 Å². The molecule has 2 N–H and O–H groups in total. The SMILES string of the molecule is C[C@@H]1CNC[C@H]1C(=O)NC1(C)CCCC1. The summed E-state index contributed by atoms with van der Waals surface area (Å²) < 4.78 is 0. The van der Waals surface area contributed by atoms with Crippen molar-refractivity contribution in [2.75, 3.05) is 13.1 Å². The highest BCUT2D eigenvalue weighted by molar-refractivity contribution is 5.80. The summed E-state index contributed by atoms with van der Waals surface area (Å²) in [6.45, 7) is 6.17. The second-order valence-electron chi connectivity index (χ2n) is 5.50. The summed E-state index contributed by atoms with van der Waals surface area (Å²) in [6, 6.07) is 0. The Bertz CT molecular complexity index is 246. The number of carbonyl (C=O) groups excluding carboxylic acids is 1. The number of hydrogen-bond acceptors (Lipinski definition) is 2. The van der Waals surface area contributed by atoms with Gasteiger partial charge in [-0.2, -0.15) is 0 Å². The van der Waals surface area contributed by atoms with Gasteiger partial charge in [0.2, 0.25) is 5.91 Å². The smallest absolute Gasteiger partial charge is 0.225 e. The van der Waals surface area contributed by atoms with Crippen molar-refractivity contribution >= 4 is 5.91 Å². The molecular weight excluding hydrogens is 188 g/mol. The number of nitrogens with one attached hydrogen (secondary N) is 2. The molecule has 15 heavy (non-hydrogen) atoms. The van der Waals surface area contributed by atoms with E-state index in [4.69, 9.17) is 0 Å². The fourth-order valence-electron chi connectivity index (χ4n) is 2.83. The maximum Gasteiger partial charge on any atom is 0.225 e. The third-order valence-electron chi connectivity index (χ3n) is 3.99. The molecule has 0 aromatic rings. The van der Waals surface area contributed by atoms with Crippen molar-refractivity contribution in [2.24, 2.45) is 11.8 Å². The predicted molar refractivity (Wildman–Crippen MR) is 60.5 cm³/mol. The molecule has 3 nitrogen and oxygen atoms in total. The topological polar surface area (TPSA) is 41.1 Å². The van der Waals surface area contributed by atoms with Crippen LogP contribution in [0.15, 0.2) is 0 Å². The van der Waals surface area contributed by atoms with Crippen molar-refractivity contribution in [1.82, 2.24) is 10.6 Å². The Hall–Kier alpha value is -0.570. The van der Waals surface area contributed by atoms with E-state index in [0.717, 1.165) is 25.9 Å². The predicted octanol–water partition coefficient (Wildman–Crippen LogP) is 1.29. The van der Waals surface area contributed by atoms with E-state index < -0.39 is 0 Å². The van der Waals surface area contributed by atoms with Crippen molar-refractivity contribution in [3.8, 4) is 0 Å². The molecule has 1 aliphatic carbocycles. The first-order valence-electron chi connectivity index (χ1n) is 6.13. The normalized spacial score (nSPS) is 34.3. The van der Waals surface area contributed by atoms with Gasteiger partial charge in [-0.1, -0.05) is 19.8 Å². The zero-order chi connectivity index (χ0) is 10.9. The Morgan fingerprint density at radius 1 is 1.33 bits per heavy atom. The first-order valence-corrected chi connectivity index (χ1v) is 6.13. The van der Waals surface area contributed by atoms with Crippen LogP contribution < -0.4 is 10.6 Å². The Balaban J connectivity index is 1.91. The molecule has 0 spiro atoms. The summed E-state index contributed by atoms with van der Waals surface area (Å²) in [4.78, 5) is 12.1. The number of amides is 1. The van der Waals surface area contributed by atoms with Gasteiger partial charge in [-0.05, 0) is 32.2 Å². The fraction of sp³-hybridized carbons (Fsp3) is 0.917. The lowest BCUT2D eigenvalue weighted by Crippen LogP contribution is -2.47. The molecule has 1 aliphatic heterocycles. The van der Waals surface area contributed by atoms with Crippen LogP contribution in [0.4, 0.5) is 0 Å². The Morgan fingerprint density at radius 2 is 2.00 bits per heavy atom. The zero-order valence-electron chi connectivity index (χ0n) is 9.81. The number of rotatable bonds is 2. The molecule has 2 rings (SSSR count). The first kappa shape index (κ1) is 10.9. The number of hydrogen-bond donors (Lipinski definition) is 2. The van der Waals surface area contributed by atoms with Crippen LogP contribution in [0, 0.1) is 11.8 Å². The minimum atomic E-state index is 0.0827. The second-order valence-corrected chi connectivity index (χ2v) is 5.50. The lowest BCUT2D eigenvalue weighted by Gasteiger charge is -2.27. The van der Waals surface area contributed by atoms with Crippen molar-refractivity contribution in [3.05, 3.63) is 0 Å². The number of carbonyl (C=O) groups is 1. The van der Waals surface area contributed by atoms with Crippen LogP contribution in [0.1, 0.15) is 39.5 Å². The van der Waals surface area contributed by atoms with Crippen LogP contribution in [0.25, 0.3) is 0 Å². The summed E-state index contributed by atoms with van der Waals surface area (Å²) in [5.74, 6) is 0.925. The van der Waals surface area contributed by atoms with Crippen molar-refractivity contribution in [3.63, 3.8) is 0 Å². The monoisotopic (exact) mass is 210 g/mol. The molecule has 3 heteroatoms. The molecule has 0 aromatic heterocycles. The molecule has 0 radical (unpaired) electrons. The molecule has 86 valence electrons. The fourth-order valence-corrected chi connectivity index (χ4v) is 2.83. The largest absolute Gasteiger partial charge is 0.351 e. The molecule has 2 atom stereocenters. The van der Waals surface area contributed by atoms with Gasteiger partial charge in [-0.25, -0.2) is 0 Å². The maximum absolute atomic E-state index is 12.1. The third-order valence-corrected chi connectivity index (χ3v) is 3.99. The van der Waals surface area contributed by atoms with Gasteiger partial charge in [0.05, 0.1) is 5.92 Å². The van der Waals surface area contributed by atoms with E-state index in [9.17, 15) is 4.79 Å². The van der Waals surface area contributed by atoms with Gasteiger partial charge in [0.15, 0.2) is 0 Å². The van der Waals surface area contributed by atoms with Crippen LogP contribution in [-0.2, 0) is 4.79 Å². The lowest BCUT2D eigenvalue weighted by atomic mass is 9.94. The van der Waals surface area contributed by atoms with Gasteiger partial charge in [0.25, 0.3) is 0 Å². The summed E-state index contributed by atoms with van der Waals surface area (Å²) >= 11 is 0. The molecule has 1 saturated carbocycles. The van der Waals surface area contributed by atoms with E-state index in [1.54, 1.807) is 0 Å². The molecule has 2 aliphatic rings. The standard InChI is InChI=1S/C12H22N2O/c1-9-7-13-8-10(9)11(15)14-12(2)5-3-4-6-12/h9-10,13H,3-8H2,1-2H3,(H,14,15)/t9-,10-/m1/s1. The van der Waals surface area contributed by atoms with E-state index in [2.05, 4.69) is 24.5 Å². The molecule has 1 amide bonds. The third kappa shape index (κ3) is 2.33. The Morgan fingerprint density at radius 3 is 2.53 bits per heavy atom. The van der Waals surface area contributed by atoms with Gasteiger partial charge in [0, 0.05) is 12.1 Å². The second kappa shape index (κ2) is 4.12. The highest BCUT2D eigenvalue weighted by Gasteiger charge is 2.35. The van der Waals surface area contributed by atoms with Crippen LogP contribution in [-0.4, -0.2) is 24.5 Å². The van der Waals surface area contributed by atoms with Gasteiger partial charge < -0.3 is 10.6 Å². The molecule has 1 saturated heterocycles. The van der Waals surface area contributed by atoms with Crippen molar-refractivity contribution in [2.45, 2.75) is 45.1 Å². The minimum Gasteiger partial charge on any atom is -0.351 e. The lowest BCUT2D eigenvalue weighted by molar-refractivity contribution is -0.127. The van der Waals surface area contributed by atoms with Crippen LogP contribution >= 0.6 is 0 Å². The molecule has 0 bridgehead atoms. The molecule has 0 unspecified atom stereocenters. The van der Waals surface area contributed by atoms with Crippen LogP contribution in [0.3, 0.4) is 0 Å². The summed E-state index contributed by atoms with van der Waals surface area (Å²) in [7, 11) is 0. The van der Waals surface area contributed by atoms with E-state index in [-0.39, 0.29) is 17.4 Å².